The Morgan fingerprint density at radius 2 is 1.72 bits per heavy atom. The fourth-order valence-corrected chi connectivity index (χ4v) is 4.42. The summed E-state index contributed by atoms with van der Waals surface area (Å²) in [6.45, 7) is 9.26. The number of carbonyl (C=O) groups excluding carboxylic acids is 1. The minimum atomic E-state index is -0.422. The second-order valence-electron chi connectivity index (χ2n) is 10.5. The van der Waals surface area contributed by atoms with Crippen LogP contribution in [0.5, 0.6) is 5.88 Å². The summed E-state index contributed by atoms with van der Waals surface area (Å²) >= 11 is 0. The summed E-state index contributed by atoms with van der Waals surface area (Å²) in [4.78, 5) is 28.8. The fourth-order valence-electron chi connectivity index (χ4n) is 4.42. The Kier molecular flexibility index (Phi) is 10.1. The topological polar surface area (TPSA) is 91.8 Å². The van der Waals surface area contributed by atoms with E-state index in [2.05, 4.69) is 18.8 Å². The van der Waals surface area contributed by atoms with Crippen LogP contribution in [0.25, 0.3) is 22.1 Å². The number of nitrogens with zero attached hydrogens (tertiary/aromatic N) is 1. The lowest BCUT2D eigenvalue weighted by molar-refractivity contribution is -0.155. The summed E-state index contributed by atoms with van der Waals surface area (Å²) in [5, 5.41) is 0.729. The number of aromatic nitrogens is 1. The largest absolute Gasteiger partial charge is 0.478 e. The summed E-state index contributed by atoms with van der Waals surface area (Å²) in [5.74, 6) is 0.845. The van der Waals surface area contributed by atoms with Gasteiger partial charge in [-0.3, -0.25) is 4.79 Å². The maximum Gasteiger partial charge on any atom is 0.344 e. The molecule has 3 heterocycles. The van der Waals surface area contributed by atoms with Gasteiger partial charge in [0, 0.05) is 23.2 Å². The first-order chi connectivity index (χ1) is 17.3. The fraction of sp³-hybridized carbons (Fsp3) is 0.552. The van der Waals surface area contributed by atoms with Crippen molar-refractivity contribution in [3.63, 3.8) is 0 Å². The molecule has 7 nitrogen and oxygen atoms in total. The van der Waals surface area contributed by atoms with Gasteiger partial charge in [-0.2, -0.15) is 0 Å². The first-order valence-corrected chi connectivity index (χ1v) is 13.0. The average Bonchev–Trinajstić information content (AvgIpc) is 3.35. The van der Waals surface area contributed by atoms with Gasteiger partial charge in [0.1, 0.15) is 5.58 Å². The number of hydrogen-bond acceptors (Lipinski definition) is 7. The molecular formula is C29H39NO6. The first kappa shape index (κ1) is 27.5. The van der Waals surface area contributed by atoms with Crippen molar-refractivity contribution in [2.75, 3.05) is 13.2 Å². The molecule has 36 heavy (non-hydrogen) atoms. The molecule has 3 aromatic heterocycles. The van der Waals surface area contributed by atoms with E-state index < -0.39 is 11.0 Å². The van der Waals surface area contributed by atoms with E-state index in [1.54, 1.807) is 24.4 Å². The second kappa shape index (κ2) is 13.3. The maximum absolute atomic E-state index is 12.3. The molecule has 3 aromatic rings. The summed E-state index contributed by atoms with van der Waals surface area (Å²) in [6, 6.07) is 5.13. The highest BCUT2D eigenvalue weighted by Crippen LogP contribution is 2.27. The summed E-state index contributed by atoms with van der Waals surface area (Å²) in [5.41, 5.74) is 0.741. The molecule has 0 N–H and O–H groups in total. The molecule has 3 rings (SSSR count). The molecule has 0 saturated heterocycles. The molecule has 0 aliphatic rings. The van der Waals surface area contributed by atoms with Crippen LogP contribution in [0.1, 0.15) is 79.1 Å². The lowest BCUT2D eigenvalue weighted by Gasteiger charge is -2.24. The van der Waals surface area contributed by atoms with Crippen molar-refractivity contribution >= 4 is 16.9 Å². The Morgan fingerprint density at radius 3 is 2.39 bits per heavy atom. The number of fused-ring (bicyclic) bond motifs is 1. The van der Waals surface area contributed by atoms with Gasteiger partial charge in [0.2, 0.25) is 5.88 Å². The summed E-state index contributed by atoms with van der Waals surface area (Å²) < 4.78 is 21.7. The van der Waals surface area contributed by atoms with Crippen molar-refractivity contribution in [1.82, 2.24) is 4.98 Å². The van der Waals surface area contributed by atoms with E-state index in [1.807, 2.05) is 13.8 Å². The Morgan fingerprint density at radius 1 is 1.03 bits per heavy atom. The van der Waals surface area contributed by atoms with Crippen LogP contribution in [0.4, 0.5) is 0 Å². The molecule has 0 fully saturated rings. The normalized spacial score (nSPS) is 11.8. The number of furan rings is 1. The first-order valence-electron chi connectivity index (χ1n) is 13.0. The third-order valence-electron chi connectivity index (χ3n) is 6.17. The zero-order chi connectivity index (χ0) is 26.0. The molecule has 0 aromatic carbocycles. The van der Waals surface area contributed by atoms with Crippen molar-refractivity contribution in [2.24, 2.45) is 11.3 Å². The molecule has 196 valence electrons. The van der Waals surface area contributed by atoms with E-state index in [1.165, 1.54) is 12.5 Å². The molecule has 7 heteroatoms. The standard InChI is InChI=1S/C29H39NO6/c1-21(2)18-29(3,4)28(32)35-14-11-9-7-5-6-8-10-13-34-26-17-25-23(19-30-26)16-24(27(31)36-25)22-12-15-33-20-22/h12,15-17,19-21H,5-11,13-14,18H2,1-4H3. The lowest BCUT2D eigenvalue weighted by Crippen LogP contribution is -2.28. The highest BCUT2D eigenvalue weighted by atomic mass is 16.5. The predicted molar refractivity (Wildman–Crippen MR) is 140 cm³/mol. The number of rotatable bonds is 15. The zero-order valence-corrected chi connectivity index (χ0v) is 22.0. The van der Waals surface area contributed by atoms with Crippen LogP contribution in [-0.4, -0.2) is 24.2 Å². The van der Waals surface area contributed by atoms with Gasteiger partial charge in [-0.1, -0.05) is 46.0 Å². The van der Waals surface area contributed by atoms with E-state index in [9.17, 15) is 9.59 Å². The third kappa shape index (κ3) is 8.25. The highest BCUT2D eigenvalue weighted by molar-refractivity contribution is 5.81. The molecule has 0 spiro atoms. The highest BCUT2D eigenvalue weighted by Gasteiger charge is 2.29. The molecule has 0 aliphatic carbocycles. The Bertz CT molecular complexity index is 1150. The molecule has 0 unspecified atom stereocenters. The number of unbranched alkanes of at least 4 members (excludes halogenated alkanes) is 6. The summed E-state index contributed by atoms with van der Waals surface area (Å²) in [7, 11) is 0. The smallest absolute Gasteiger partial charge is 0.344 e. The van der Waals surface area contributed by atoms with Crippen LogP contribution < -0.4 is 10.4 Å². The van der Waals surface area contributed by atoms with Crippen LogP contribution in [-0.2, 0) is 9.53 Å². The van der Waals surface area contributed by atoms with Gasteiger partial charge in [-0.05, 0) is 51.2 Å². The number of ether oxygens (including phenoxy) is 2. The minimum Gasteiger partial charge on any atom is -0.478 e. The average molecular weight is 498 g/mol. The van der Waals surface area contributed by atoms with Gasteiger partial charge in [-0.25, -0.2) is 9.78 Å². The molecule has 0 radical (unpaired) electrons. The van der Waals surface area contributed by atoms with E-state index >= 15 is 0 Å². The third-order valence-corrected chi connectivity index (χ3v) is 6.17. The van der Waals surface area contributed by atoms with Gasteiger partial charge in [0.15, 0.2) is 0 Å². The molecule has 0 atom stereocenters. The summed E-state index contributed by atoms with van der Waals surface area (Å²) in [6.07, 6.45) is 13.0. The Hall–Kier alpha value is -3.09. The van der Waals surface area contributed by atoms with Gasteiger partial charge >= 0.3 is 11.6 Å². The molecular weight excluding hydrogens is 458 g/mol. The number of pyridine rings is 1. The van der Waals surface area contributed by atoms with Crippen LogP contribution in [0.15, 0.2) is 50.6 Å². The Labute approximate surface area is 213 Å². The molecule has 0 bridgehead atoms. The van der Waals surface area contributed by atoms with Gasteiger partial charge < -0.3 is 18.3 Å². The van der Waals surface area contributed by atoms with E-state index in [-0.39, 0.29) is 5.97 Å². The van der Waals surface area contributed by atoms with E-state index in [0.29, 0.717) is 41.7 Å². The lowest BCUT2D eigenvalue weighted by atomic mass is 9.84. The zero-order valence-electron chi connectivity index (χ0n) is 22.0. The van der Waals surface area contributed by atoms with Crippen molar-refractivity contribution in [1.29, 1.82) is 0 Å². The van der Waals surface area contributed by atoms with Crippen molar-refractivity contribution in [3.8, 4) is 17.0 Å². The Balaban J connectivity index is 1.27. The predicted octanol–water partition coefficient (Wildman–Crippen LogP) is 7.17. The second-order valence-corrected chi connectivity index (χ2v) is 10.5. The molecule has 0 amide bonds. The number of carbonyl (C=O) groups is 1. The maximum atomic E-state index is 12.3. The number of esters is 1. The minimum absolute atomic E-state index is 0.0850. The van der Waals surface area contributed by atoms with E-state index in [0.717, 1.165) is 56.8 Å². The number of hydrogen-bond donors (Lipinski definition) is 0. The molecule has 0 aliphatic heterocycles. The SMILES string of the molecule is CC(C)CC(C)(C)C(=O)OCCCCCCCCCOc1cc2oc(=O)c(-c3ccoc3)cc2cn1. The van der Waals surface area contributed by atoms with Crippen LogP contribution >= 0.6 is 0 Å². The van der Waals surface area contributed by atoms with E-state index in [4.69, 9.17) is 18.3 Å². The van der Waals surface area contributed by atoms with Gasteiger partial charge in [-0.15, -0.1) is 0 Å². The monoisotopic (exact) mass is 497 g/mol. The van der Waals surface area contributed by atoms with Gasteiger partial charge in [0.25, 0.3) is 0 Å². The van der Waals surface area contributed by atoms with Crippen molar-refractivity contribution in [2.45, 2.75) is 79.1 Å². The quantitative estimate of drug-likeness (QED) is 0.162. The van der Waals surface area contributed by atoms with Crippen LogP contribution in [0.3, 0.4) is 0 Å². The van der Waals surface area contributed by atoms with Gasteiger partial charge in [0.05, 0.1) is 36.7 Å². The van der Waals surface area contributed by atoms with Crippen LogP contribution in [0, 0.1) is 11.3 Å². The van der Waals surface area contributed by atoms with Crippen molar-refractivity contribution < 1.29 is 23.1 Å². The molecule has 0 saturated carbocycles. The van der Waals surface area contributed by atoms with Crippen molar-refractivity contribution in [3.05, 3.63) is 47.3 Å². The van der Waals surface area contributed by atoms with Crippen LogP contribution in [0.2, 0.25) is 0 Å².